The van der Waals surface area contributed by atoms with Gasteiger partial charge in [-0.15, -0.1) is 0 Å². The van der Waals surface area contributed by atoms with Gasteiger partial charge in [0.25, 0.3) is 0 Å². The summed E-state index contributed by atoms with van der Waals surface area (Å²) >= 11 is -0.655. The van der Waals surface area contributed by atoms with Gasteiger partial charge in [0, 0.05) is 0 Å². The first-order valence-electron chi connectivity index (χ1n) is 8.56. The van der Waals surface area contributed by atoms with E-state index >= 15 is 0 Å². The van der Waals surface area contributed by atoms with Crippen molar-refractivity contribution in [2.24, 2.45) is 0 Å². The Labute approximate surface area is 174 Å². The SMILES string of the molecule is CC1=C[C]2(CCC3=C(C)c4ccccc4[CH]3[Zr+2]2)c2ccccc21.[Cl-].[Cl-]. The van der Waals surface area contributed by atoms with E-state index in [1.54, 1.807) is 22.3 Å². The minimum Gasteiger partial charge on any atom is -1.00 e. The van der Waals surface area contributed by atoms with Gasteiger partial charge < -0.3 is 24.8 Å². The van der Waals surface area contributed by atoms with Crippen molar-refractivity contribution >= 4 is 11.1 Å². The van der Waals surface area contributed by atoms with Crippen LogP contribution in [0.15, 0.2) is 60.2 Å². The van der Waals surface area contributed by atoms with Gasteiger partial charge in [-0.25, -0.2) is 0 Å². The number of rotatable bonds is 0. The number of hydrogen-bond acceptors (Lipinski definition) is 0. The van der Waals surface area contributed by atoms with Crippen molar-refractivity contribution in [2.45, 2.75) is 33.4 Å². The second-order valence-corrected chi connectivity index (χ2v) is 11.5. The van der Waals surface area contributed by atoms with Gasteiger partial charge in [0.15, 0.2) is 0 Å². The standard InChI is InChI=1S/C22H20.2ClH.Zr/c1-15-13-19(22-10-6-5-8-20(15)22)12-11-17-14-18-7-3-4-9-21(18)16(17)2;;;/h3-10,13-14H,11-12H2,1-2H3;2*1H;/q;;;+2/p-2. The van der Waals surface area contributed by atoms with Gasteiger partial charge in [0.2, 0.25) is 0 Å². The molecule has 0 aromatic heterocycles. The third kappa shape index (κ3) is 2.66. The normalized spacial score (nSPS) is 24.9. The molecule has 0 bridgehead atoms. The average molecular weight is 447 g/mol. The molecule has 0 nitrogen and oxygen atoms in total. The Bertz CT molecular complexity index is 896. The van der Waals surface area contributed by atoms with Gasteiger partial charge in [-0.1, -0.05) is 0 Å². The predicted molar refractivity (Wildman–Crippen MR) is 92.8 cm³/mol. The Morgan fingerprint density at radius 1 is 0.920 bits per heavy atom. The summed E-state index contributed by atoms with van der Waals surface area (Å²) in [6, 6.07) is 18.4. The molecule has 5 rings (SSSR count). The fraction of sp³-hybridized carbons (Fsp3) is 0.273. The van der Waals surface area contributed by atoms with Crippen molar-refractivity contribution in [1.29, 1.82) is 0 Å². The zero-order chi connectivity index (χ0) is 15.6. The van der Waals surface area contributed by atoms with Gasteiger partial charge in [0.1, 0.15) is 0 Å². The van der Waals surface area contributed by atoms with E-state index in [0.717, 1.165) is 3.63 Å². The number of allylic oxidation sites excluding steroid dienone is 4. The Hall–Kier alpha value is -0.617. The maximum atomic E-state index is 2.65. The van der Waals surface area contributed by atoms with Crippen molar-refractivity contribution in [3.63, 3.8) is 0 Å². The fourth-order valence-electron chi connectivity index (χ4n) is 4.89. The molecule has 2 aliphatic carbocycles. The Morgan fingerprint density at radius 3 is 2.40 bits per heavy atom. The number of hydrogen-bond donors (Lipinski definition) is 0. The van der Waals surface area contributed by atoms with Gasteiger partial charge in [-0.05, 0) is 0 Å². The van der Waals surface area contributed by atoms with Crippen molar-refractivity contribution in [2.75, 3.05) is 0 Å². The third-order valence-corrected chi connectivity index (χ3v) is 11.2. The number of benzene rings is 2. The van der Waals surface area contributed by atoms with Crippen LogP contribution in [-0.4, -0.2) is 0 Å². The first-order chi connectivity index (χ1) is 11.2. The van der Waals surface area contributed by atoms with Gasteiger partial charge in [-0.3, -0.25) is 0 Å². The topological polar surface area (TPSA) is 0 Å². The minimum atomic E-state index is -0.655. The third-order valence-electron chi connectivity index (χ3n) is 5.99. The van der Waals surface area contributed by atoms with Gasteiger partial charge >= 0.3 is 150 Å². The summed E-state index contributed by atoms with van der Waals surface area (Å²) in [6.45, 7) is 4.67. The molecule has 2 aromatic carbocycles. The maximum absolute atomic E-state index is 2.65. The molecule has 2 unspecified atom stereocenters. The molecule has 1 spiro atoms. The molecule has 0 amide bonds. The molecule has 1 heterocycles. The van der Waals surface area contributed by atoms with Crippen LogP contribution in [-0.2, 0) is 26.4 Å². The Kier molecular flexibility index (Phi) is 5.24. The molecular formula is C22H20Cl2Zr. The zero-order valence-electron chi connectivity index (χ0n) is 14.4. The number of fused-ring (bicyclic) bond motifs is 5. The van der Waals surface area contributed by atoms with Crippen LogP contribution >= 0.6 is 0 Å². The molecule has 1 saturated heterocycles. The molecule has 1 aliphatic heterocycles. The van der Waals surface area contributed by atoms with Crippen molar-refractivity contribution in [3.05, 3.63) is 82.4 Å². The molecular weight excluding hydrogens is 426 g/mol. The summed E-state index contributed by atoms with van der Waals surface area (Å²) in [7, 11) is 0. The van der Waals surface area contributed by atoms with Gasteiger partial charge in [-0.2, -0.15) is 0 Å². The summed E-state index contributed by atoms with van der Waals surface area (Å²) in [5.41, 5.74) is 11.2. The molecule has 0 N–H and O–H groups in total. The average Bonchev–Trinajstić information content (AvgIpc) is 3.02. The van der Waals surface area contributed by atoms with E-state index in [1.807, 2.05) is 0 Å². The Morgan fingerprint density at radius 2 is 1.60 bits per heavy atom. The van der Waals surface area contributed by atoms with Crippen LogP contribution in [0.25, 0.3) is 11.1 Å². The van der Waals surface area contributed by atoms with E-state index in [0.29, 0.717) is 3.12 Å². The van der Waals surface area contributed by atoms with E-state index < -0.39 is 23.2 Å². The van der Waals surface area contributed by atoms with Crippen LogP contribution in [0.4, 0.5) is 0 Å². The molecule has 0 saturated carbocycles. The van der Waals surface area contributed by atoms with Crippen LogP contribution in [0, 0.1) is 0 Å². The summed E-state index contributed by atoms with van der Waals surface area (Å²) in [5.74, 6) is 0. The smallest absolute Gasteiger partial charge is 1.00 e. The van der Waals surface area contributed by atoms with E-state index in [1.165, 1.54) is 29.5 Å². The largest absolute Gasteiger partial charge is 1.00 e. The monoisotopic (exact) mass is 444 g/mol. The summed E-state index contributed by atoms with van der Waals surface area (Å²) in [5, 5.41) is 0. The quantitative estimate of drug-likeness (QED) is 0.522. The second kappa shape index (κ2) is 6.84. The van der Waals surface area contributed by atoms with Crippen molar-refractivity contribution in [3.8, 4) is 0 Å². The maximum Gasteiger partial charge on any atom is -1.00 e. The molecule has 3 aliphatic rings. The fourth-order valence-corrected chi connectivity index (χ4v) is 10.8. The number of halogens is 2. The van der Waals surface area contributed by atoms with Crippen molar-refractivity contribution in [1.82, 2.24) is 0 Å². The zero-order valence-corrected chi connectivity index (χ0v) is 18.4. The Balaban J connectivity index is 0.000000911. The van der Waals surface area contributed by atoms with Crippen LogP contribution in [0.1, 0.15) is 52.6 Å². The summed E-state index contributed by atoms with van der Waals surface area (Å²) < 4.78 is 1.22. The molecule has 25 heavy (non-hydrogen) atoms. The van der Waals surface area contributed by atoms with Crippen LogP contribution < -0.4 is 24.8 Å². The molecule has 3 heteroatoms. The van der Waals surface area contributed by atoms with E-state index in [4.69, 9.17) is 0 Å². The summed E-state index contributed by atoms with van der Waals surface area (Å²) in [6.07, 6.45) is 5.27. The molecule has 126 valence electrons. The van der Waals surface area contributed by atoms with Crippen molar-refractivity contribution < 1.29 is 48.0 Å². The molecule has 1 fully saturated rings. The molecule has 2 atom stereocenters. The van der Waals surface area contributed by atoms with Crippen LogP contribution in [0.3, 0.4) is 0 Å². The minimum absolute atomic E-state index is 0. The first kappa shape index (κ1) is 19.2. The first-order valence-corrected chi connectivity index (χ1v) is 11.2. The second-order valence-electron chi connectivity index (χ2n) is 7.16. The van der Waals surface area contributed by atoms with Crippen LogP contribution in [0.5, 0.6) is 0 Å². The molecule has 2 aromatic rings. The summed E-state index contributed by atoms with van der Waals surface area (Å²) in [4.78, 5) is 0. The van der Waals surface area contributed by atoms with Crippen LogP contribution in [0.2, 0.25) is 0 Å². The van der Waals surface area contributed by atoms with Gasteiger partial charge in [0.05, 0.1) is 0 Å². The van der Waals surface area contributed by atoms with E-state index in [-0.39, 0.29) is 24.8 Å². The van der Waals surface area contributed by atoms with E-state index in [9.17, 15) is 0 Å². The van der Waals surface area contributed by atoms with E-state index in [2.05, 4.69) is 68.5 Å². The molecule has 0 radical (unpaired) electrons. The predicted octanol–water partition coefficient (Wildman–Crippen LogP) is -0.288.